The van der Waals surface area contributed by atoms with Crippen molar-refractivity contribution in [3.05, 3.63) is 70.5 Å². The van der Waals surface area contributed by atoms with Crippen LogP contribution in [-0.2, 0) is 0 Å². The van der Waals surface area contributed by atoms with Crippen LogP contribution < -0.4 is 0 Å². The van der Waals surface area contributed by atoms with Gasteiger partial charge in [0.15, 0.2) is 0 Å². The van der Waals surface area contributed by atoms with E-state index in [0.29, 0.717) is 16.9 Å². The molecule has 0 amide bonds. The Balaban J connectivity index is 1.38. The Labute approximate surface area is 169 Å². The number of aromatic nitrogens is 2. The normalized spacial score (nSPS) is 23.8. The molecule has 5 heteroatoms. The van der Waals surface area contributed by atoms with Gasteiger partial charge < -0.3 is 9.51 Å². The minimum atomic E-state index is -0.488. The van der Waals surface area contributed by atoms with Crippen molar-refractivity contribution >= 4 is 17.1 Å². The SMILES string of the molecule is OC(c1c(C2CC2)ccc2cncn12)C1CCC(c2ccc(F)cc2Cl)CC1. The van der Waals surface area contributed by atoms with Crippen molar-refractivity contribution in [1.29, 1.82) is 0 Å². The van der Waals surface area contributed by atoms with E-state index in [1.165, 1.54) is 30.5 Å². The molecule has 3 aromatic rings. The van der Waals surface area contributed by atoms with Crippen LogP contribution in [0.25, 0.3) is 5.52 Å². The summed E-state index contributed by atoms with van der Waals surface area (Å²) >= 11 is 6.27. The third-order valence-corrected chi connectivity index (χ3v) is 6.90. The van der Waals surface area contributed by atoms with Gasteiger partial charge in [-0.2, -0.15) is 0 Å². The van der Waals surface area contributed by atoms with Gasteiger partial charge in [0.25, 0.3) is 0 Å². The van der Waals surface area contributed by atoms with Gasteiger partial charge in [-0.25, -0.2) is 9.37 Å². The fourth-order valence-corrected chi connectivity index (χ4v) is 5.21. The minimum absolute atomic E-state index is 0.223. The van der Waals surface area contributed by atoms with Crippen molar-refractivity contribution < 1.29 is 9.50 Å². The number of fused-ring (bicyclic) bond motifs is 1. The molecule has 146 valence electrons. The third-order valence-electron chi connectivity index (χ3n) is 6.57. The van der Waals surface area contributed by atoms with Crippen LogP contribution in [0.3, 0.4) is 0 Å². The third kappa shape index (κ3) is 3.23. The summed E-state index contributed by atoms with van der Waals surface area (Å²) in [5.41, 5.74) is 4.37. The number of imidazole rings is 1. The zero-order valence-electron chi connectivity index (χ0n) is 15.7. The van der Waals surface area contributed by atoms with Crippen LogP contribution in [0, 0.1) is 11.7 Å². The number of hydrogen-bond acceptors (Lipinski definition) is 2. The first-order chi connectivity index (χ1) is 13.6. The van der Waals surface area contributed by atoms with E-state index in [1.807, 2.05) is 18.6 Å². The van der Waals surface area contributed by atoms with Crippen molar-refractivity contribution in [2.75, 3.05) is 0 Å². The summed E-state index contributed by atoms with van der Waals surface area (Å²) < 4.78 is 15.4. The smallest absolute Gasteiger partial charge is 0.124 e. The molecule has 2 aliphatic rings. The lowest BCUT2D eigenvalue weighted by molar-refractivity contribution is 0.0754. The summed E-state index contributed by atoms with van der Waals surface area (Å²) in [5, 5.41) is 11.9. The first-order valence-electron chi connectivity index (χ1n) is 10.2. The van der Waals surface area contributed by atoms with Crippen LogP contribution in [0.15, 0.2) is 42.9 Å². The van der Waals surface area contributed by atoms with Crippen molar-refractivity contribution in [2.45, 2.75) is 56.5 Å². The van der Waals surface area contributed by atoms with E-state index < -0.39 is 6.10 Å². The largest absolute Gasteiger partial charge is 0.387 e. The lowest BCUT2D eigenvalue weighted by Gasteiger charge is -2.33. The maximum Gasteiger partial charge on any atom is 0.124 e. The zero-order chi connectivity index (χ0) is 19.3. The van der Waals surface area contributed by atoms with E-state index >= 15 is 0 Å². The predicted octanol–water partition coefficient (Wildman–Crippen LogP) is 6.01. The van der Waals surface area contributed by atoms with Crippen molar-refractivity contribution in [3.63, 3.8) is 0 Å². The maximum absolute atomic E-state index is 13.4. The highest BCUT2D eigenvalue weighted by atomic mass is 35.5. The molecule has 3 nitrogen and oxygen atoms in total. The molecule has 28 heavy (non-hydrogen) atoms. The van der Waals surface area contributed by atoms with Gasteiger partial charge in [-0.05, 0) is 85.6 Å². The highest BCUT2D eigenvalue weighted by molar-refractivity contribution is 6.31. The second-order valence-corrected chi connectivity index (χ2v) is 8.77. The summed E-state index contributed by atoms with van der Waals surface area (Å²) in [6, 6.07) is 8.99. The molecule has 2 fully saturated rings. The molecular formula is C23H24ClFN2O. The number of hydrogen-bond donors (Lipinski definition) is 1. The summed E-state index contributed by atoms with van der Waals surface area (Å²) in [7, 11) is 0. The standard InChI is InChI=1S/C23H24ClFN2O/c24-21-11-17(25)7-9-19(21)14-3-5-16(6-4-14)23(28)22-20(15-1-2-15)10-8-18-12-26-13-27(18)22/h7-16,23,28H,1-6H2. The Bertz CT molecular complexity index is 1010. The number of pyridine rings is 1. The molecule has 0 aliphatic heterocycles. The second-order valence-electron chi connectivity index (χ2n) is 8.36. The molecule has 2 aromatic heterocycles. The number of nitrogens with zero attached hydrogens (tertiary/aromatic N) is 2. The van der Waals surface area contributed by atoms with E-state index in [4.69, 9.17) is 11.6 Å². The zero-order valence-corrected chi connectivity index (χ0v) is 16.4. The average Bonchev–Trinajstić information content (AvgIpc) is 3.43. The summed E-state index contributed by atoms with van der Waals surface area (Å²) in [5.74, 6) is 0.842. The quantitative estimate of drug-likeness (QED) is 0.584. The summed E-state index contributed by atoms with van der Waals surface area (Å²) in [6.45, 7) is 0. The predicted molar refractivity (Wildman–Crippen MR) is 108 cm³/mol. The number of aliphatic hydroxyl groups excluding tert-OH is 1. The molecule has 1 aromatic carbocycles. The minimum Gasteiger partial charge on any atom is -0.387 e. The monoisotopic (exact) mass is 398 g/mol. The van der Waals surface area contributed by atoms with Gasteiger partial charge in [0.05, 0.1) is 29.8 Å². The van der Waals surface area contributed by atoms with Gasteiger partial charge in [0, 0.05) is 5.02 Å². The van der Waals surface area contributed by atoms with E-state index in [2.05, 4.69) is 21.5 Å². The Morgan fingerprint density at radius 2 is 1.68 bits per heavy atom. The number of rotatable bonds is 4. The molecular weight excluding hydrogens is 375 g/mol. The molecule has 1 atom stereocenters. The van der Waals surface area contributed by atoms with Crippen LogP contribution in [0.5, 0.6) is 0 Å². The van der Waals surface area contributed by atoms with Gasteiger partial charge in [0.1, 0.15) is 5.82 Å². The van der Waals surface area contributed by atoms with E-state index in [1.54, 1.807) is 0 Å². The van der Waals surface area contributed by atoms with Crippen LogP contribution >= 0.6 is 11.6 Å². The fourth-order valence-electron chi connectivity index (χ4n) is 4.88. The lowest BCUT2D eigenvalue weighted by atomic mass is 9.75. The second kappa shape index (κ2) is 7.16. The van der Waals surface area contributed by atoms with E-state index in [9.17, 15) is 9.50 Å². The topological polar surface area (TPSA) is 37.5 Å². The summed E-state index contributed by atoms with van der Waals surface area (Å²) in [6.07, 6.45) is 9.40. The molecule has 2 aliphatic carbocycles. The first kappa shape index (κ1) is 18.1. The van der Waals surface area contributed by atoms with Crippen molar-refractivity contribution in [3.8, 4) is 0 Å². The first-order valence-corrected chi connectivity index (χ1v) is 10.6. The van der Waals surface area contributed by atoms with Crippen LogP contribution in [0.4, 0.5) is 4.39 Å². The molecule has 2 saturated carbocycles. The Kier molecular flexibility index (Phi) is 4.64. The molecule has 2 heterocycles. The van der Waals surface area contributed by atoms with E-state index in [-0.39, 0.29) is 11.7 Å². The number of benzene rings is 1. The van der Waals surface area contributed by atoms with Gasteiger partial charge in [-0.1, -0.05) is 23.7 Å². The van der Waals surface area contributed by atoms with Gasteiger partial charge in [-0.3, -0.25) is 0 Å². The van der Waals surface area contributed by atoms with Crippen LogP contribution in [0.2, 0.25) is 5.02 Å². The molecule has 0 radical (unpaired) electrons. The average molecular weight is 399 g/mol. The molecule has 0 spiro atoms. The Morgan fingerprint density at radius 1 is 1.00 bits per heavy atom. The molecule has 0 saturated heterocycles. The summed E-state index contributed by atoms with van der Waals surface area (Å²) in [4.78, 5) is 4.29. The van der Waals surface area contributed by atoms with Crippen LogP contribution in [0.1, 0.15) is 73.3 Å². The Hall–Kier alpha value is -1.91. The van der Waals surface area contributed by atoms with E-state index in [0.717, 1.165) is 42.5 Å². The molecule has 0 bridgehead atoms. The molecule has 1 N–H and O–H groups in total. The highest BCUT2D eigenvalue weighted by Gasteiger charge is 2.34. The number of aliphatic hydroxyl groups is 1. The fraction of sp³-hybridized carbons (Fsp3) is 0.435. The molecule has 1 unspecified atom stereocenters. The number of halogens is 2. The van der Waals surface area contributed by atoms with Crippen molar-refractivity contribution in [2.24, 2.45) is 5.92 Å². The highest BCUT2D eigenvalue weighted by Crippen LogP contribution is 2.47. The molecule has 5 rings (SSSR count). The van der Waals surface area contributed by atoms with Gasteiger partial charge in [-0.15, -0.1) is 0 Å². The van der Waals surface area contributed by atoms with Gasteiger partial charge in [0.2, 0.25) is 0 Å². The maximum atomic E-state index is 13.4. The van der Waals surface area contributed by atoms with Gasteiger partial charge >= 0.3 is 0 Å². The van der Waals surface area contributed by atoms with Crippen molar-refractivity contribution in [1.82, 2.24) is 9.38 Å². The lowest BCUT2D eigenvalue weighted by Crippen LogP contribution is -2.22. The Morgan fingerprint density at radius 3 is 2.39 bits per heavy atom. The van der Waals surface area contributed by atoms with Crippen LogP contribution in [-0.4, -0.2) is 14.5 Å².